The highest BCUT2D eigenvalue weighted by atomic mass is 28.4. The number of ether oxygens (including phenoxy) is 3. The highest BCUT2D eigenvalue weighted by Gasteiger charge is 2.61. The molecule has 0 N–H and O–H groups in total. The predicted octanol–water partition coefficient (Wildman–Crippen LogP) is 2.28. The van der Waals surface area contributed by atoms with Gasteiger partial charge in [-0.3, -0.25) is 4.79 Å². The van der Waals surface area contributed by atoms with Crippen LogP contribution in [0.2, 0.25) is 19.6 Å². The summed E-state index contributed by atoms with van der Waals surface area (Å²) in [6.45, 7) is 10.2. The summed E-state index contributed by atoms with van der Waals surface area (Å²) in [4.78, 5) is 25.1. The molecule has 1 saturated carbocycles. The second kappa shape index (κ2) is 6.46. The molecule has 3 rings (SSSR count). The van der Waals surface area contributed by atoms with Crippen molar-refractivity contribution in [3.8, 4) is 0 Å². The van der Waals surface area contributed by atoms with E-state index in [1.54, 1.807) is 6.08 Å². The number of carbonyl (C=O) groups is 2. The lowest BCUT2D eigenvalue weighted by Crippen LogP contribution is -2.61. The van der Waals surface area contributed by atoms with E-state index in [2.05, 4.69) is 26.2 Å². The van der Waals surface area contributed by atoms with Crippen molar-refractivity contribution in [3.63, 3.8) is 0 Å². The summed E-state index contributed by atoms with van der Waals surface area (Å²) in [5, 5.41) is 0. The molecule has 0 aliphatic heterocycles. The van der Waals surface area contributed by atoms with E-state index in [4.69, 9.17) is 18.6 Å². The van der Waals surface area contributed by atoms with Crippen molar-refractivity contribution < 1.29 is 28.2 Å². The molecule has 1 fully saturated rings. The van der Waals surface area contributed by atoms with Crippen molar-refractivity contribution in [2.75, 3.05) is 21.3 Å². The third-order valence-corrected chi connectivity index (χ3v) is 5.52. The van der Waals surface area contributed by atoms with E-state index in [1.165, 1.54) is 21.3 Å². The Morgan fingerprint density at radius 3 is 2.29 bits per heavy atom. The summed E-state index contributed by atoms with van der Waals surface area (Å²) >= 11 is 0. The summed E-state index contributed by atoms with van der Waals surface area (Å²) in [6.07, 6.45) is 2.16. The van der Waals surface area contributed by atoms with Crippen LogP contribution in [0.25, 0.3) is 0 Å². The quantitative estimate of drug-likeness (QED) is 0.315. The molecule has 0 unspecified atom stereocenters. The molecule has 0 amide bonds. The van der Waals surface area contributed by atoms with Gasteiger partial charge in [-0.25, -0.2) is 4.79 Å². The van der Waals surface area contributed by atoms with Crippen molar-refractivity contribution in [1.29, 1.82) is 0 Å². The molecule has 0 spiro atoms. The SMILES string of the molecule is C=C(O[Si](C)(C)C)[C@@H]1C[C@@H]2C(C(=O)OC)=C[C@H]1C(=O)C2(OC)OC. The zero-order valence-electron chi connectivity index (χ0n) is 15.2. The van der Waals surface area contributed by atoms with Gasteiger partial charge in [0.2, 0.25) is 14.1 Å². The molecule has 0 aromatic heterocycles. The van der Waals surface area contributed by atoms with Crippen molar-refractivity contribution in [3.05, 3.63) is 24.0 Å². The molecule has 6 nitrogen and oxygen atoms in total. The van der Waals surface area contributed by atoms with E-state index >= 15 is 0 Å². The first-order valence-electron chi connectivity index (χ1n) is 7.93. The van der Waals surface area contributed by atoms with Gasteiger partial charge in [-0.1, -0.05) is 12.7 Å². The first-order valence-corrected chi connectivity index (χ1v) is 11.3. The van der Waals surface area contributed by atoms with Gasteiger partial charge in [-0.05, 0) is 26.1 Å². The zero-order chi connectivity index (χ0) is 18.3. The molecule has 2 bridgehead atoms. The normalized spacial score (nSPS) is 28.3. The van der Waals surface area contributed by atoms with Crippen LogP contribution in [0.5, 0.6) is 0 Å². The van der Waals surface area contributed by atoms with E-state index in [0.717, 1.165) is 0 Å². The van der Waals surface area contributed by atoms with Gasteiger partial charge >= 0.3 is 5.97 Å². The molecule has 3 aliphatic carbocycles. The van der Waals surface area contributed by atoms with Crippen LogP contribution in [0.15, 0.2) is 24.0 Å². The number of ketones is 1. The fourth-order valence-electron chi connectivity index (χ4n) is 3.67. The molecule has 7 heteroatoms. The lowest BCUT2D eigenvalue weighted by Gasteiger charge is -2.50. The van der Waals surface area contributed by atoms with Gasteiger partial charge in [0, 0.05) is 25.7 Å². The Kier molecular flexibility index (Phi) is 5.08. The second-order valence-corrected chi connectivity index (χ2v) is 11.6. The van der Waals surface area contributed by atoms with Crippen LogP contribution in [-0.4, -0.2) is 47.2 Å². The Bertz CT molecular complexity index is 584. The van der Waals surface area contributed by atoms with Crippen LogP contribution in [0.1, 0.15) is 6.42 Å². The fraction of sp³-hybridized carbons (Fsp3) is 0.647. The van der Waals surface area contributed by atoms with E-state index in [0.29, 0.717) is 17.8 Å². The van der Waals surface area contributed by atoms with Crippen LogP contribution in [0, 0.1) is 17.8 Å². The van der Waals surface area contributed by atoms with Crippen LogP contribution in [-0.2, 0) is 28.2 Å². The summed E-state index contributed by atoms with van der Waals surface area (Å²) in [7, 11) is 2.31. The fourth-order valence-corrected chi connectivity index (χ4v) is 4.61. The number of carbonyl (C=O) groups excluding carboxylic acids is 2. The minimum atomic E-state index is -1.84. The predicted molar refractivity (Wildman–Crippen MR) is 90.5 cm³/mol. The molecule has 0 saturated heterocycles. The number of Topliss-reactive ketones (excluding diaryl/α,β-unsaturated/α-hetero) is 1. The Morgan fingerprint density at radius 2 is 1.83 bits per heavy atom. The van der Waals surface area contributed by atoms with Crippen molar-refractivity contribution in [2.24, 2.45) is 17.8 Å². The summed E-state index contributed by atoms with van der Waals surface area (Å²) < 4.78 is 21.8. The van der Waals surface area contributed by atoms with Gasteiger partial charge in [-0.15, -0.1) is 0 Å². The third kappa shape index (κ3) is 2.96. The Balaban J connectivity index is 2.43. The highest BCUT2D eigenvalue weighted by Crippen LogP contribution is 2.52. The molecule has 0 aromatic rings. The van der Waals surface area contributed by atoms with Gasteiger partial charge in [0.1, 0.15) is 0 Å². The van der Waals surface area contributed by atoms with Crippen molar-refractivity contribution >= 4 is 20.1 Å². The van der Waals surface area contributed by atoms with Crippen LogP contribution in [0.4, 0.5) is 0 Å². The number of rotatable bonds is 6. The van der Waals surface area contributed by atoms with Crippen LogP contribution < -0.4 is 0 Å². The van der Waals surface area contributed by atoms with Crippen molar-refractivity contribution in [2.45, 2.75) is 31.8 Å². The summed E-state index contributed by atoms with van der Waals surface area (Å²) in [5.74, 6) is -2.86. The van der Waals surface area contributed by atoms with Crippen LogP contribution in [0.3, 0.4) is 0 Å². The summed E-state index contributed by atoms with van der Waals surface area (Å²) in [6, 6.07) is 0. The van der Waals surface area contributed by atoms with E-state index in [9.17, 15) is 9.59 Å². The highest BCUT2D eigenvalue weighted by molar-refractivity contribution is 6.70. The Labute approximate surface area is 143 Å². The molecule has 134 valence electrons. The Hall–Kier alpha value is -1.44. The minimum Gasteiger partial charge on any atom is -0.548 e. The smallest absolute Gasteiger partial charge is 0.333 e. The number of hydrogen-bond donors (Lipinski definition) is 0. The Morgan fingerprint density at radius 1 is 1.25 bits per heavy atom. The number of hydrogen-bond acceptors (Lipinski definition) is 6. The maximum absolute atomic E-state index is 13.0. The second-order valence-electron chi connectivity index (χ2n) is 7.15. The zero-order valence-corrected chi connectivity index (χ0v) is 16.2. The first-order chi connectivity index (χ1) is 11.1. The average Bonchev–Trinajstić information content (AvgIpc) is 2.53. The van der Waals surface area contributed by atoms with E-state index in [-0.39, 0.29) is 11.7 Å². The lowest BCUT2D eigenvalue weighted by molar-refractivity contribution is -0.241. The third-order valence-electron chi connectivity index (χ3n) is 4.64. The molecule has 0 radical (unpaired) electrons. The molecule has 3 aliphatic rings. The molecule has 0 aromatic carbocycles. The molecule has 3 atom stereocenters. The molecule has 0 heterocycles. The van der Waals surface area contributed by atoms with Gasteiger partial charge in [0.25, 0.3) is 0 Å². The number of esters is 1. The molecular formula is C17H26O6Si. The number of methoxy groups -OCH3 is 3. The van der Waals surface area contributed by atoms with Crippen LogP contribution >= 0.6 is 0 Å². The standard InChI is InChI=1S/C17H26O6Si/c1-10(23-24(5,6)7)11-9-14-13(16(19)20-2)8-12(11)15(18)17(14,21-3)22-4/h8,11-12,14H,1,9H2,2-7H3/t11-,12+,14+/m0/s1. The average molecular weight is 354 g/mol. The lowest BCUT2D eigenvalue weighted by atomic mass is 9.61. The molecular weight excluding hydrogens is 328 g/mol. The maximum Gasteiger partial charge on any atom is 0.333 e. The number of fused-ring (bicyclic) bond motifs is 2. The topological polar surface area (TPSA) is 71.1 Å². The molecule has 24 heavy (non-hydrogen) atoms. The van der Waals surface area contributed by atoms with Gasteiger partial charge in [0.15, 0.2) is 5.78 Å². The largest absolute Gasteiger partial charge is 0.548 e. The van der Waals surface area contributed by atoms with E-state index < -0.39 is 31.9 Å². The van der Waals surface area contributed by atoms with Gasteiger partial charge in [0.05, 0.1) is 24.7 Å². The summed E-state index contributed by atoms with van der Waals surface area (Å²) in [5.41, 5.74) is 0.419. The minimum absolute atomic E-state index is 0.193. The van der Waals surface area contributed by atoms with Gasteiger partial charge < -0.3 is 18.6 Å². The first kappa shape index (κ1) is 18.9. The van der Waals surface area contributed by atoms with Crippen molar-refractivity contribution in [1.82, 2.24) is 0 Å². The van der Waals surface area contributed by atoms with E-state index in [1.807, 2.05) is 0 Å². The van der Waals surface area contributed by atoms with Gasteiger partial charge in [-0.2, -0.15) is 0 Å². The monoisotopic (exact) mass is 354 g/mol. The number of allylic oxidation sites excluding steroid dienone is 2. The maximum atomic E-state index is 13.0.